The molecule has 3 rings (SSSR count). The van der Waals surface area contributed by atoms with Gasteiger partial charge in [-0.15, -0.1) is 0 Å². The minimum absolute atomic E-state index is 0.0311. The number of amides is 1. The van der Waals surface area contributed by atoms with Crippen molar-refractivity contribution in [3.63, 3.8) is 0 Å². The summed E-state index contributed by atoms with van der Waals surface area (Å²) in [4.78, 5) is 12.2. The van der Waals surface area contributed by atoms with Gasteiger partial charge in [0.1, 0.15) is 11.4 Å². The normalized spacial score (nSPS) is 10.8. The van der Waals surface area contributed by atoms with Crippen molar-refractivity contribution in [3.8, 4) is 28.5 Å². The molecule has 0 aliphatic carbocycles. The molecule has 8 heteroatoms. The molecule has 8 nitrogen and oxygen atoms in total. The van der Waals surface area contributed by atoms with E-state index in [9.17, 15) is 9.90 Å². The highest BCUT2D eigenvalue weighted by Crippen LogP contribution is 2.25. The van der Waals surface area contributed by atoms with E-state index >= 15 is 0 Å². The zero-order valence-corrected chi connectivity index (χ0v) is 16.2. The number of methoxy groups -OCH3 is 1. The first kappa shape index (κ1) is 19.9. The Morgan fingerprint density at radius 2 is 2.03 bits per heavy atom. The molecule has 0 bridgehead atoms. The number of hydrogen-bond acceptors (Lipinski definition) is 6. The number of aromatic amines is 1. The molecule has 3 aromatic rings. The summed E-state index contributed by atoms with van der Waals surface area (Å²) in [6.07, 6.45) is 2.40. The first-order chi connectivity index (χ1) is 14.1. The second kappa shape index (κ2) is 9.41. The van der Waals surface area contributed by atoms with Crippen LogP contribution in [0.15, 0.2) is 53.6 Å². The van der Waals surface area contributed by atoms with Gasteiger partial charge in [0.15, 0.2) is 11.5 Å². The molecule has 3 N–H and O–H groups in total. The summed E-state index contributed by atoms with van der Waals surface area (Å²) < 4.78 is 10.6. The maximum atomic E-state index is 12.2. The van der Waals surface area contributed by atoms with Crippen molar-refractivity contribution < 1.29 is 19.4 Å². The Balaban J connectivity index is 1.62. The first-order valence-electron chi connectivity index (χ1n) is 9.09. The van der Waals surface area contributed by atoms with Gasteiger partial charge in [-0.3, -0.25) is 9.89 Å². The van der Waals surface area contributed by atoms with Crippen LogP contribution >= 0.6 is 0 Å². The summed E-state index contributed by atoms with van der Waals surface area (Å²) in [7, 11) is 1.46. The van der Waals surface area contributed by atoms with Gasteiger partial charge in [0.25, 0.3) is 5.91 Å². The van der Waals surface area contributed by atoms with Gasteiger partial charge in [0, 0.05) is 5.56 Å². The zero-order chi connectivity index (χ0) is 20.6. The number of aromatic nitrogens is 2. The number of H-pyrrole nitrogens is 1. The Morgan fingerprint density at radius 1 is 1.24 bits per heavy atom. The van der Waals surface area contributed by atoms with Gasteiger partial charge >= 0.3 is 0 Å². The van der Waals surface area contributed by atoms with Crippen LogP contribution in [0.2, 0.25) is 0 Å². The number of nitrogens with one attached hydrogen (secondary N) is 2. The fourth-order valence-electron chi connectivity index (χ4n) is 2.53. The smallest absolute Gasteiger partial charge is 0.289 e. The molecule has 0 saturated carbocycles. The van der Waals surface area contributed by atoms with E-state index in [0.717, 1.165) is 17.7 Å². The third-order valence-corrected chi connectivity index (χ3v) is 4.03. The van der Waals surface area contributed by atoms with Crippen LogP contribution in [0.4, 0.5) is 0 Å². The predicted molar refractivity (Wildman–Crippen MR) is 110 cm³/mol. The van der Waals surface area contributed by atoms with Crippen LogP contribution in [-0.2, 0) is 0 Å². The highest BCUT2D eigenvalue weighted by Gasteiger charge is 2.10. The zero-order valence-electron chi connectivity index (χ0n) is 16.2. The molecule has 150 valence electrons. The SMILES string of the molecule is CCCOc1ccc(-c2cc(C(=O)N/N=C\c3ccc(O)c(OC)c3)[nH]n2)cc1. The quantitative estimate of drug-likeness (QED) is 0.401. The average Bonchev–Trinajstić information content (AvgIpc) is 3.24. The van der Waals surface area contributed by atoms with E-state index in [1.54, 1.807) is 18.2 Å². The van der Waals surface area contributed by atoms with E-state index in [1.165, 1.54) is 19.4 Å². The van der Waals surface area contributed by atoms with Crippen molar-refractivity contribution in [2.75, 3.05) is 13.7 Å². The summed E-state index contributed by atoms with van der Waals surface area (Å²) in [6, 6.07) is 13.9. The van der Waals surface area contributed by atoms with Gasteiger partial charge in [-0.2, -0.15) is 10.2 Å². The number of nitrogens with zero attached hydrogens (tertiary/aromatic N) is 2. The lowest BCUT2D eigenvalue weighted by Gasteiger charge is -2.04. The molecule has 0 radical (unpaired) electrons. The molecule has 0 aliphatic rings. The lowest BCUT2D eigenvalue weighted by atomic mass is 10.1. The van der Waals surface area contributed by atoms with E-state index in [2.05, 4.69) is 27.6 Å². The molecule has 0 aliphatic heterocycles. The van der Waals surface area contributed by atoms with Gasteiger partial charge in [-0.1, -0.05) is 6.92 Å². The fourth-order valence-corrected chi connectivity index (χ4v) is 2.53. The van der Waals surface area contributed by atoms with E-state index in [1.807, 2.05) is 24.3 Å². The number of phenolic OH excluding ortho intramolecular Hbond substituents is 1. The van der Waals surface area contributed by atoms with Crippen LogP contribution in [0.3, 0.4) is 0 Å². The highest BCUT2D eigenvalue weighted by molar-refractivity contribution is 5.94. The predicted octanol–water partition coefficient (Wildman–Crippen LogP) is 3.34. The van der Waals surface area contributed by atoms with Crippen LogP contribution < -0.4 is 14.9 Å². The number of carbonyl (C=O) groups excluding carboxylic acids is 1. The number of aromatic hydroxyl groups is 1. The number of carbonyl (C=O) groups is 1. The standard InChI is InChI=1S/C21H22N4O4/c1-3-10-29-16-7-5-15(6-8-16)17-12-18(24-23-17)21(27)25-22-13-14-4-9-19(26)20(11-14)28-2/h4-9,11-13,26H,3,10H2,1-2H3,(H,23,24)(H,25,27)/b22-13-. The van der Waals surface area contributed by atoms with Crippen LogP contribution in [0.1, 0.15) is 29.4 Å². The molecular formula is C21H22N4O4. The van der Waals surface area contributed by atoms with Gasteiger partial charge < -0.3 is 14.6 Å². The average molecular weight is 394 g/mol. The summed E-state index contributed by atoms with van der Waals surface area (Å²) >= 11 is 0. The summed E-state index contributed by atoms with van der Waals surface area (Å²) in [5.74, 6) is 0.728. The molecule has 1 heterocycles. The number of phenols is 1. The third-order valence-electron chi connectivity index (χ3n) is 4.03. The Kier molecular flexibility index (Phi) is 6.47. The van der Waals surface area contributed by atoms with Crippen molar-refractivity contribution in [2.24, 2.45) is 5.10 Å². The number of hydrogen-bond donors (Lipinski definition) is 3. The highest BCUT2D eigenvalue weighted by atomic mass is 16.5. The molecule has 1 amide bonds. The summed E-state index contributed by atoms with van der Waals surface area (Å²) in [6.45, 7) is 2.72. The molecule has 0 fully saturated rings. The maximum Gasteiger partial charge on any atom is 0.289 e. The lowest BCUT2D eigenvalue weighted by Crippen LogP contribution is -2.18. The summed E-state index contributed by atoms with van der Waals surface area (Å²) in [5, 5.41) is 20.4. The van der Waals surface area contributed by atoms with E-state index < -0.39 is 5.91 Å². The van der Waals surface area contributed by atoms with Crippen molar-refractivity contribution in [2.45, 2.75) is 13.3 Å². The monoisotopic (exact) mass is 394 g/mol. The Morgan fingerprint density at radius 3 is 2.76 bits per heavy atom. The Bertz CT molecular complexity index is 996. The fraction of sp³-hybridized carbons (Fsp3) is 0.190. The minimum Gasteiger partial charge on any atom is -0.504 e. The number of ether oxygens (including phenoxy) is 2. The van der Waals surface area contributed by atoms with Crippen molar-refractivity contribution >= 4 is 12.1 Å². The van der Waals surface area contributed by atoms with Gasteiger partial charge in [-0.25, -0.2) is 5.43 Å². The first-order valence-corrected chi connectivity index (χ1v) is 9.09. The maximum absolute atomic E-state index is 12.2. The van der Waals surface area contributed by atoms with E-state index in [4.69, 9.17) is 9.47 Å². The largest absolute Gasteiger partial charge is 0.504 e. The minimum atomic E-state index is -0.423. The van der Waals surface area contributed by atoms with Crippen molar-refractivity contribution in [1.82, 2.24) is 15.6 Å². The molecule has 29 heavy (non-hydrogen) atoms. The lowest BCUT2D eigenvalue weighted by molar-refractivity contribution is 0.0950. The van der Waals surface area contributed by atoms with E-state index in [0.29, 0.717) is 23.6 Å². The number of hydrazone groups is 1. The molecule has 0 unspecified atom stereocenters. The topological polar surface area (TPSA) is 109 Å². The Labute approximate surface area is 168 Å². The van der Waals surface area contributed by atoms with Crippen LogP contribution in [0.5, 0.6) is 17.2 Å². The van der Waals surface area contributed by atoms with Gasteiger partial charge in [0.05, 0.1) is 25.6 Å². The van der Waals surface area contributed by atoms with Gasteiger partial charge in [-0.05, 0) is 60.5 Å². The molecular weight excluding hydrogens is 372 g/mol. The number of rotatable bonds is 8. The van der Waals surface area contributed by atoms with Gasteiger partial charge in [0.2, 0.25) is 0 Å². The number of benzene rings is 2. The molecule has 2 aromatic carbocycles. The summed E-state index contributed by atoms with van der Waals surface area (Å²) in [5.41, 5.74) is 4.89. The van der Waals surface area contributed by atoms with Crippen LogP contribution in [0.25, 0.3) is 11.3 Å². The second-order valence-corrected chi connectivity index (χ2v) is 6.17. The van der Waals surface area contributed by atoms with Crippen molar-refractivity contribution in [3.05, 3.63) is 59.8 Å². The Hall–Kier alpha value is -3.81. The van der Waals surface area contributed by atoms with E-state index in [-0.39, 0.29) is 11.4 Å². The second-order valence-electron chi connectivity index (χ2n) is 6.17. The third kappa shape index (κ3) is 5.13. The molecule has 0 atom stereocenters. The molecule has 0 spiro atoms. The van der Waals surface area contributed by atoms with Crippen LogP contribution in [0, 0.1) is 0 Å². The molecule has 0 saturated heterocycles. The molecule has 1 aromatic heterocycles. The van der Waals surface area contributed by atoms with Crippen LogP contribution in [-0.4, -0.2) is 41.1 Å². The van der Waals surface area contributed by atoms with Crippen molar-refractivity contribution in [1.29, 1.82) is 0 Å².